The topological polar surface area (TPSA) is 34.0 Å². The van der Waals surface area contributed by atoms with Gasteiger partial charge in [0, 0.05) is 51.4 Å². The molecule has 0 saturated heterocycles. The van der Waals surface area contributed by atoms with Crippen LogP contribution in [-0.2, 0) is 0 Å². The Morgan fingerprint density at radius 2 is 0.681 bits per heavy atom. The normalized spacial score (nSPS) is 11.3. The number of hydrogen-bond acceptors (Lipinski definition) is 3. The van der Waals surface area contributed by atoms with Crippen molar-refractivity contribution in [2.75, 3.05) is 4.90 Å². The van der Waals surface area contributed by atoms with Crippen LogP contribution < -0.4 is 4.90 Å². The number of benzene rings is 9. The van der Waals surface area contributed by atoms with Gasteiger partial charge in [0.1, 0.15) is 0 Å². The molecule has 0 fully saturated rings. The Kier molecular flexibility index (Phi) is 11.4. The molecule has 12 rings (SSSR count). The summed E-state index contributed by atoms with van der Waals surface area (Å²) in [6.45, 7) is 8.81. The third-order valence-electron chi connectivity index (χ3n) is 14.1. The predicted molar refractivity (Wildman–Crippen MR) is 303 cm³/mol. The van der Waals surface area contributed by atoms with Gasteiger partial charge < -0.3 is 9.47 Å². The van der Waals surface area contributed by atoms with Crippen LogP contribution in [-0.4, -0.2) is 14.5 Å². The molecular weight excluding hydrogens is 873 g/mol. The van der Waals surface area contributed by atoms with E-state index in [-0.39, 0.29) is 0 Å². The molecule has 4 nitrogen and oxygen atoms in total. The highest BCUT2D eigenvalue weighted by atomic mass is 15.1. The Morgan fingerprint density at radius 1 is 0.319 bits per heavy atom. The molecule has 0 bridgehead atoms. The number of rotatable bonds is 10. The molecule has 0 saturated carbocycles. The largest absolute Gasteiger partial charge is 0.310 e. The Hall–Kier alpha value is -9.12. The number of nitrogens with zero attached hydrogens (tertiary/aromatic N) is 4. The van der Waals surface area contributed by atoms with Crippen molar-refractivity contribution in [2.24, 2.45) is 0 Å². The molecule has 9 aromatic carbocycles. The summed E-state index contributed by atoms with van der Waals surface area (Å²) in [5, 5.41) is 2.48. The second-order valence-electron chi connectivity index (χ2n) is 18.9. The maximum Gasteiger partial charge on any atom is 0.0709 e. The van der Waals surface area contributed by atoms with E-state index in [1.165, 1.54) is 32.9 Å². The summed E-state index contributed by atoms with van der Waals surface area (Å²) in [6, 6.07) is 83.3. The van der Waals surface area contributed by atoms with Crippen molar-refractivity contribution in [2.45, 2.75) is 27.7 Å². The number of anilines is 3. The molecule has 0 atom stereocenters. The van der Waals surface area contributed by atoms with Gasteiger partial charge in [-0.2, -0.15) is 0 Å². The van der Waals surface area contributed by atoms with E-state index < -0.39 is 0 Å². The monoisotopic (exact) mass is 924 g/mol. The fraction of sp³-hybridized carbons (Fsp3) is 0.0588. The molecule has 0 aliphatic heterocycles. The van der Waals surface area contributed by atoms with Crippen LogP contribution in [0.4, 0.5) is 17.1 Å². The molecular formula is C68H52N4. The van der Waals surface area contributed by atoms with Gasteiger partial charge in [-0.25, -0.2) is 0 Å². The zero-order chi connectivity index (χ0) is 48.7. The van der Waals surface area contributed by atoms with Crippen molar-refractivity contribution in [3.63, 3.8) is 0 Å². The minimum atomic E-state index is 0.907. The first-order valence-electron chi connectivity index (χ1n) is 24.7. The standard InChI is InChI=1S/C68H52N4/c1-45-33-57(72-66-31-19-17-29-60(66)61-30-18-20-32-67(61)72)34-46(2)68(45)71(58-37-53(49-21-9-5-10-22-49)35-55(39-58)64-41-62(47(3)43-69-64)51-25-13-7-14-26-51)59-38-54(50-23-11-6-12-24-50)36-56(40-59)65-42-63(48(4)44-70-65)52-27-15-8-16-28-52/h5-44H,1-4H3. The SMILES string of the molecule is Cc1cnc(-c2cc(-c3ccccc3)cc(N(c3cc(-c4ccccc4)cc(-c4cc(-c5ccccc5)c(C)cn4)c3)c3c(C)cc(-n4c5ccccc5c5ccccc54)cc3C)c2)cc1-c1ccccc1. The van der Waals surface area contributed by atoms with Gasteiger partial charge in [0.2, 0.25) is 0 Å². The fourth-order valence-corrected chi connectivity index (χ4v) is 10.6. The first kappa shape index (κ1) is 44.1. The molecule has 0 aliphatic carbocycles. The van der Waals surface area contributed by atoms with E-state index in [1.54, 1.807) is 0 Å². The minimum absolute atomic E-state index is 0.907. The average molecular weight is 925 g/mol. The van der Waals surface area contributed by atoms with Gasteiger partial charge in [0.05, 0.1) is 28.1 Å². The Balaban J connectivity index is 1.13. The van der Waals surface area contributed by atoms with Gasteiger partial charge >= 0.3 is 0 Å². The third kappa shape index (κ3) is 8.23. The van der Waals surface area contributed by atoms with Crippen molar-refractivity contribution in [1.29, 1.82) is 0 Å². The summed E-state index contributed by atoms with van der Waals surface area (Å²) in [6.07, 6.45) is 4.03. The van der Waals surface area contributed by atoms with Gasteiger partial charge in [-0.1, -0.05) is 158 Å². The van der Waals surface area contributed by atoms with Crippen molar-refractivity contribution < 1.29 is 0 Å². The highest BCUT2D eigenvalue weighted by Crippen LogP contribution is 2.46. The Morgan fingerprint density at radius 3 is 1.10 bits per heavy atom. The summed E-state index contributed by atoms with van der Waals surface area (Å²) in [4.78, 5) is 12.8. The number of hydrogen-bond donors (Lipinski definition) is 0. The van der Waals surface area contributed by atoms with Crippen molar-refractivity contribution in [1.82, 2.24) is 14.5 Å². The first-order valence-corrected chi connectivity index (χ1v) is 24.7. The second-order valence-corrected chi connectivity index (χ2v) is 18.9. The third-order valence-corrected chi connectivity index (χ3v) is 14.1. The fourth-order valence-electron chi connectivity index (χ4n) is 10.6. The highest BCUT2D eigenvalue weighted by Gasteiger charge is 2.24. The van der Waals surface area contributed by atoms with Crippen LogP contribution in [0.1, 0.15) is 22.3 Å². The number of fused-ring (bicyclic) bond motifs is 3. The lowest BCUT2D eigenvalue weighted by molar-refractivity contribution is 1.14. The number of aryl methyl sites for hydroxylation is 4. The minimum Gasteiger partial charge on any atom is -0.310 e. The van der Waals surface area contributed by atoms with Gasteiger partial charge in [-0.05, 0) is 167 Å². The van der Waals surface area contributed by atoms with Crippen LogP contribution in [0.2, 0.25) is 0 Å². The molecule has 0 spiro atoms. The molecule has 0 radical (unpaired) electrons. The van der Waals surface area contributed by atoms with E-state index >= 15 is 0 Å². The van der Waals surface area contributed by atoms with Crippen molar-refractivity contribution >= 4 is 38.9 Å². The number of aromatic nitrogens is 3. The highest BCUT2D eigenvalue weighted by molar-refractivity contribution is 6.09. The van der Waals surface area contributed by atoms with E-state index in [9.17, 15) is 0 Å². The summed E-state index contributed by atoms with van der Waals surface area (Å²) >= 11 is 0. The molecule has 0 unspecified atom stereocenters. The molecule has 72 heavy (non-hydrogen) atoms. The van der Waals surface area contributed by atoms with E-state index in [4.69, 9.17) is 9.97 Å². The lowest BCUT2D eigenvalue weighted by Gasteiger charge is -2.31. The van der Waals surface area contributed by atoms with E-state index in [2.05, 4.69) is 268 Å². The summed E-state index contributed by atoms with van der Waals surface area (Å²) in [7, 11) is 0. The van der Waals surface area contributed by atoms with Crippen LogP contribution >= 0.6 is 0 Å². The summed E-state index contributed by atoms with van der Waals surface area (Å²) < 4.78 is 2.42. The van der Waals surface area contributed by atoms with Gasteiger partial charge in [-0.3, -0.25) is 9.97 Å². The lowest BCUT2D eigenvalue weighted by Crippen LogP contribution is -2.14. The molecule has 0 amide bonds. The van der Waals surface area contributed by atoms with E-state index in [1.807, 2.05) is 12.4 Å². The summed E-state index contributed by atoms with van der Waals surface area (Å²) in [5.74, 6) is 0. The molecule has 344 valence electrons. The Bertz CT molecular complexity index is 3700. The van der Waals surface area contributed by atoms with Crippen LogP contribution in [0.15, 0.2) is 243 Å². The van der Waals surface area contributed by atoms with Crippen LogP contribution in [0.25, 0.3) is 94.5 Å². The van der Waals surface area contributed by atoms with Crippen LogP contribution in [0.3, 0.4) is 0 Å². The second kappa shape index (κ2) is 18.7. The number of pyridine rings is 2. The van der Waals surface area contributed by atoms with Crippen LogP contribution in [0, 0.1) is 27.7 Å². The zero-order valence-corrected chi connectivity index (χ0v) is 40.9. The molecule has 12 aromatic rings. The molecule has 0 N–H and O–H groups in total. The zero-order valence-electron chi connectivity index (χ0n) is 40.9. The van der Waals surface area contributed by atoms with Crippen molar-refractivity contribution in [3.8, 4) is 72.7 Å². The number of para-hydroxylation sites is 2. The predicted octanol–water partition coefficient (Wildman–Crippen LogP) is 18.3. The molecule has 4 heteroatoms. The molecule has 3 aromatic heterocycles. The Labute approximate surface area is 421 Å². The average Bonchev–Trinajstić information content (AvgIpc) is 3.77. The van der Waals surface area contributed by atoms with E-state index in [0.717, 1.165) is 101 Å². The van der Waals surface area contributed by atoms with Crippen molar-refractivity contribution in [3.05, 3.63) is 265 Å². The maximum absolute atomic E-state index is 5.16. The van der Waals surface area contributed by atoms with Gasteiger partial charge in [0.15, 0.2) is 0 Å². The lowest BCUT2D eigenvalue weighted by atomic mass is 9.94. The van der Waals surface area contributed by atoms with Gasteiger partial charge in [-0.15, -0.1) is 0 Å². The molecule has 0 aliphatic rings. The maximum atomic E-state index is 5.16. The molecule has 3 heterocycles. The van der Waals surface area contributed by atoms with Gasteiger partial charge in [0.25, 0.3) is 0 Å². The van der Waals surface area contributed by atoms with Crippen LogP contribution in [0.5, 0.6) is 0 Å². The first-order chi connectivity index (χ1) is 35.3. The summed E-state index contributed by atoms with van der Waals surface area (Å²) in [5.41, 5.74) is 24.2. The quantitative estimate of drug-likeness (QED) is 0.137. The van der Waals surface area contributed by atoms with E-state index in [0.29, 0.717) is 0 Å². The smallest absolute Gasteiger partial charge is 0.0709 e.